The van der Waals surface area contributed by atoms with Gasteiger partial charge < -0.3 is 13.9 Å². The Balaban J connectivity index is 1.78. The second-order valence-corrected chi connectivity index (χ2v) is 7.76. The smallest absolute Gasteiger partial charge is 0.310 e. The molecule has 1 aliphatic rings. The number of methoxy groups -OCH3 is 2. The third-order valence-electron chi connectivity index (χ3n) is 5.05. The van der Waals surface area contributed by atoms with Gasteiger partial charge in [0.15, 0.2) is 10.4 Å². The number of hydrogen-bond acceptors (Lipinski definition) is 7. The van der Waals surface area contributed by atoms with Crippen molar-refractivity contribution in [2.24, 2.45) is 5.10 Å². The van der Waals surface area contributed by atoms with Crippen LogP contribution in [0.2, 0.25) is 0 Å². The maximum Gasteiger partial charge on any atom is 0.310 e. The van der Waals surface area contributed by atoms with Crippen molar-refractivity contribution in [3.05, 3.63) is 86.3 Å². The van der Waals surface area contributed by atoms with Gasteiger partial charge in [-0.2, -0.15) is 5.10 Å². The molecule has 0 unspecified atom stereocenters. The molecule has 1 aromatic heterocycles. The molecule has 1 amide bonds. The molecule has 2 heterocycles. The van der Waals surface area contributed by atoms with E-state index in [0.29, 0.717) is 33.9 Å². The van der Waals surface area contributed by atoms with E-state index in [1.54, 1.807) is 56.7 Å². The first-order chi connectivity index (χ1) is 15.4. The molecule has 3 aromatic rings. The largest absolute Gasteiger partial charge is 0.497 e. The Kier molecular flexibility index (Phi) is 5.95. The highest BCUT2D eigenvalue weighted by Gasteiger charge is 2.35. The molecule has 1 aliphatic heterocycles. The first-order valence-electron chi connectivity index (χ1n) is 9.53. The zero-order valence-corrected chi connectivity index (χ0v) is 18.7. The van der Waals surface area contributed by atoms with Crippen LogP contribution in [0.25, 0.3) is 0 Å². The van der Waals surface area contributed by atoms with E-state index in [0.717, 1.165) is 5.56 Å². The molecule has 164 valence electrons. The van der Waals surface area contributed by atoms with Gasteiger partial charge in [-0.1, -0.05) is 12.1 Å². The van der Waals surface area contributed by atoms with Crippen molar-refractivity contribution in [1.82, 2.24) is 5.01 Å². The Labute approximate surface area is 191 Å². The van der Waals surface area contributed by atoms with E-state index in [9.17, 15) is 14.9 Å². The van der Waals surface area contributed by atoms with Gasteiger partial charge in [-0.3, -0.25) is 14.9 Å². The molecule has 0 fully saturated rings. The summed E-state index contributed by atoms with van der Waals surface area (Å²) in [6.07, 6.45) is 0.338. The average molecular weight is 500 g/mol. The second-order valence-electron chi connectivity index (χ2n) is 6.97. The molecule has 0 saturated carbocycles. The highest BCUT2D eigenvalue weighted by molar-refractivity contribution is 9.10. The van der Waals surface area contributed by atoms with Crippen molar-refractivity contribution < 1.29 is 23.6 Å². The zero-order valence-electron chi connectivity index (χ0n) is 17.1. The summed E-state index contributed by atoms with van der Waals surface area (Å²) < 4.78 is 16.6. The number of carbonyl (C=O) groups is 1. The number of carbonyl (C=O) groups excluding carboxylic acids is 1. The fourth-order valence-electron chi connectivity index (χ4n) is 3.49. The topological polar surface area (TPSA) is 107 Å². The number of benzene rings is 2. The zero-order chi connectivity index (χ0) is 22.8. The van der Waals surface area contributed by atoms with Crippen molar-refractivity contribution in [1.29, 1.82) is 0 Å². The summed E-state index contributed by atoms with van der Waals surface area (Å²) in [4.78, 5) is 24.0. The number of rotatable bonds is 6. The minimum Gasteiger partial charge on any atom is -0.497 e. The maximum atomic E-state index is 13.2. The van der Waals surface area contributed by atoms with E-state index in [4.69, 9.17) is 13.9 Å². The molecule has 0 N–H and O–H groups in total. The summed E-state index contributed by atoms with van der Waals surface area (Å²) in [7, 11) is 3.09. The van der Waals surface area contributed by atoms with Gasteiger partial charge in [-0.15, -0.1) is 0 Å². The first-order valence-corrected chi connectivity index (χ1v) is 10.3. The predicted molar refractivity (Wildman–Crippen MR) is 119 cm³/mol. The number of amides is 1. The molecule has 0 bridgehead atoms. The lowest BCUT2D eigenvalue weighted by atomic mass is 9.97. The molecular weight excluding hydrogens is 482 g/mol. The first kappa shape index (κ1) is 21.6. The van der Waals surface area contributed by atoms with Crippen molar-refractivity contribution >= 4 is 33.2 Å². The van der Waals surface area contributed by atoms with Crippen molar-refractivity contribution in [3.63, 3.8) is 0 Å². The highest BCUT2D eigenvalue weighted by Crippen LogP contribution is 2.38. The van der Waals surface area contributed by atoms with E-state index in [-0.39, 0.29) is 11.4 Å². The number of ether oxygens (including phenoxy) is 2. The van der Waals surface area contributed by atoms with Crippen LogP contribution in [0.1, 0.15) is 34.1 Å². The van der Waals surface area contributed by atoms with Crippen LogP contribution in [-0.4, -0.2) is 35.8 Å². The molecule has 0 aliphatic carbocycles. The number of non-ortho nitro benzene ring substituents is 1. The monoisotopic (exact) mass is 499 g/mol. The van der Waals surface area contributed by atoms with Crippen molar-refractivity contribution in [2.75, 3.05) is 14.2 Å². The summed E-state index contributed by atoms with van der Waals surface area (Å²) in [5.41, 5.74) is 1.79. The summed E-state index contributed by atoms with van der Waals surface area (Å²) in [5.74, 6) is 0.802. The summed E-state index contributed by atoms with van der Waals surface area (Å²) in [5, 5.41) is 17.1. The van der Waals surface area contributed by atoms with Crippen LogP contribution < -0.4 is 9.47 Å². The third-order valence-corrected chi connectivity index (χ3v) is 5.48. The van der Waals surface area contributed by atoms with E-state index < -0.39 is 16.9 Å². The van der Waals surface area contributed by atoms with Gasteiger partial charge >= 0.3 is 5.91 Å². The van der Waals surface area contributed by atoms with Gasteiger partial charge in [-0.25, -0.2) is 5.01 Å². The number of nitrogens with zero attached hydrogens (tertiary/aromatic N) is 3. The van der Waals surface area contributed by atoms with Gasteiger partial charge in [-0.05, 0) is 45.8 Å². The third kappa shape index (κ3) is 4.22. The fraction of sp³-hybridized carbons (Fsp3) is 0.182. The van der Waals surface area contributed by atoms with E-state index in [2.05, 4.69) is 21.0 Å². The Morgan fingerprint density at radius 2 is 1.88 bits per heavy atom. The Hall–Kier alpha value is -3.66. The molecule has 2 aromatic carbocycles. The Morgan fingerprint density at radius 3 is 2.47 bits per heavy atom. The summed E-state index contributed by atoms with van der Waals surface area (Å²) >= 11 is 3.21. The molecule has 9 nitrogen and oxygen atoms in total. The molecule has 1 atom stereocenters. The van der Waals surface area contributed by atoms with E-state index >= 15 is 0 Å². The number of halogens is 1. The van der Waals surface area contributed by atoms with Crippen LogP contribution in [0.5, 0.6) is 11.5 Å². The van der Waals surface area contributed by atoms with Gasteiger partial charge in [0, 0.05) is 30.2 Å². The standard InChI is InChI=1S/C22H18BrN3O6/c1-30-16-9-14(10-17(11-16)31-2)19-12-18(13-4-3-5-15(8-13)26(28)29)24-25(19)22(27)20-6-7-21(23)32-20/h3-11,19H,12H2,1-2H3/t19-/m0/s1. The van der Waals surface area contributed by atoms with Crippen molar-refractivity contribution in [3.8, 4) is 11.5 Å². The summed E-state index contributed by atoms with van der Waals surface area (Å²) in [6, 6.07) is 14.2. The average Bonchev–Trinajstić information content (AvgIpc) is 3.45. The minimum absolute atomic E-state index is 0.0514. The molecule has 0 radical (unpaired) electrons. The molecule has 0 spiro atoms. The molecule has 32 heavy (non-hydrogen) atoms. The van der Waals surface area contributed by atoms with E-state index in [1.165, 1.54) is 17.1 Å². The normalized spacial score (nSPS) is 15.4. The molecule has 0 saturated heterocycles. The van der Waals surface area contributed by atoms with Gasteiger partial charge in [0.1, 0.15) is 11.5 Å². The molecule has 10 heteroatoms. The number of hydrogen-bond donors (Lipinski definition) is 0. The minimum atomic E-state index is -0.496. The fourth-order valence-corrected chi connectivity index (χ4v) is 3.80. The maximum absolute atomic E-state index is 13.2. The van der Waals surface area contributed by atoms with Crippen LogP contribution in [0, 0.1) is 10.1 Å². The predicted octanol–water partition coefficient (Wildman–Crippen LogP) is 4.96. The second kappa shape index (κ2) is 8.83. The SMILES string of the molecule is COc1cc(OC)cc([C@@H]2CC(c3cccc([N+](=O)[O-])c3)=NN2C(=O)c2ccc(Br)o2)c1. The lowest BCUT2D eigenvalue weighted by molar-refractivity contribution is -0.384. The van der Waals surface area contributed by atoms with Crippen LogP contribution in [0.4, 0.5) is 5.69 Å². The molecular formula is C22H18BrN3O6. The quantitative estimate of drug-likeness (QED) is 0.350. The number of nitro benzene ring substituents is 1. The lowest BCUT2D eigenvalue weighted by Gasteiger charge is -2.22. The number of nitro groups is 1. The summed E-state index contributed by atoms with van der Waals surface area (Å²) in [6.45, 7) is 0. The van der Waals surface area contributed by atoms with Gasteiger partial charge in [0.25, 0.3) is 5.69 Å². The van der Waals surface area contributed by atoms with Crippen LogP contribution in [0.15, 0.2) is 68.8 Å². The van der Waals surface area contributed by atoms with Crippen LogP contribution in [0.3, 0.4) is 0 Å². The van der Waals surface area contributed by atoms with Gasteiger partial charge in [0.2, 0.25) is 0 Å². The Morgan fingerprint density at radius 1 is 1.16 bits per heavy atom. The van der Waals surface area contributed by atoms with Crippen LogP contribution >= 0.6 is 15.9 Å². The van der Waals surface area contributed by atoms with Crippen LogP contribution in [-0.2, 0) is 0 Å². The Bertz CT molecular complexity index is 1200. The van der Waals surface area contributed by atoms with Crippen molar-refractivity contribution in [2.45, 2.75) is 12.5 Å². The number of furan rings is 1. The number of hydrazone groups is 1. The van der Waals surface area contributed by atoms with Gasteiger partial charge in [0.05, 0.1) is 30.9 Å². The molecule has 4 rings (SSSR count). The lowest BCUT2D eigenvalue weighted by Crippen LogP contribution is -2.26. The van der Waals surface area contributed by atoms with E-state index in [1.807, 2.05) is 0 Å². The highest BCUT2D eigenvalue weighted by atomic mass is 79.9.